The van der Waals surface area contributed by atoms with E-state index in [1.54, 1.807) is 24.3 Å². The molecule has 0 aliphatic rings. The van der Waals surface area contributed by atoms with Gasteiger partial charge in [0.15, 0.2) is 0 Å². The van der Waals surface area contributed by atoms with Gasteiger partial charge in [0.05, 0.1) is 11.4 Å². The molecule has 4 aromatic rings. The normalized spacial score (nSPS) is 10.9. The molecule has 128 valence electrons. The molecule has 0 amide bonds. The molecule has 26 heavy (non-hydrogen) atoms. The maximum Gasteiger partial charge on any atom is 0.138 e. The summed E-state index contributed by atoms with van der Waals surface area (Å²) in [4.78, 5) is 8.09. The summed E-state index contributed by atoms with van der Waals surface area (Å²) < 4.78 is 27.7. The molecule has 5 heteroatoms. The van der Waals surface area contributed by atoms with Crippen molar-refractivity contribution in [2.75, 3.05) is 0 Å². The zero-order chi connectivity index (χ0) is 18.1. The Morgan fingerprint density at radius 3 is 1.96 bits per heavy atom. The van der Waals surface area contributed by atoms with Crippen molar-refractivity contribution >= 4 is 22.6 Å². The van der Waals surface area contributed by atoms with Crippen molar-refractivity contribution in [1.29, 1.82) is 0 Å². The molecular formula is C21H13F2IN2. The third-order valence-corrected chi connectivity index (χ3v) is 4.72. The van der Waals surface area contributed by atoms with E-state index in [1.807, 2.05) is 24.3 Å². The maximum atomic E-state index is 13.3. The molecule has 0 aliphatic carbocycles. The van der Waals surface area contributed by atoms with E-state index in [2.05, 4.69) is 27.6 Å². The third kappa shape index (κ3) is 3.39. The lowest BCUT2D eigenvalue weighted by molar-refractivity contribution is 0.627. The number of rotatable bonds is 3. The number of aromatic nitrogens is 2. The average Bonchev–Trinajstić information content (AvgIpc) is 3.08. The van der Waals surface area contributed by atoms with Gasteiger partial charge in [-0.2, -0.15) is 0 Å². The predicted octanol–water partition coefficient (Wildman–Crippen LogP) is 6.29. The van der Waals surface area contributed by atoms with Gasteiger partial charge < -0.3 is 4.98 Å². The van der Waals surface area contributed by atoms with Crippen LogP contribution in [0.15, 0.2) is 72.8 Å². The van der Waals surface area contributed by atoms with Gasteiger partial charge >= 0.3 is 0 Å². The van der Waals surface area contributed by atoms with E-state index in [4.69, 9.17) is 4.98 Å². The first kappa shape index (κ1) is 16.9. The molecule has 0 aliphatic heterocycles. The van der Waals surface area contributed by atoms with Crippen LogP contribution in [0, 0.1) is 15.2 Å². The summed E-state index contributed by atoms with van der Waals surface area (Å²) in [5, 5.41) is 0. The Morgan fingerprint density at radius 1 is 0.731 bits per heavy atom. The highest BCUT2D eigenvalue weighted by atomic mass is 127. The minimum atomic E-state index is -0.301. The van der Waals surface area contributed by atoms with E-state index in [1.165, 1.54) is 24.3 Å². The molecule has 0 unspecified atom stereocenters. The maximum absolute atomic E-state index is 13.3. The molecule has 0 spiro atoms. The van der Waals surface area contributed by atoms with E-state index >= 15 is 0 Å². The lowest BCUT2D eigenvalue weighted by Gasteiger charge is -2.03. The summed E-state index contributed by atoms with van der Waals surface area (Å²) in [6.07, 6.45) is 0. The summed E-state index contributed by atoms with van der Waals surface area (Å²) in [5.74, 6) is 0.113. The zero-order valence-electron chi connectivity index (χ0n) is 13.5. The first-order valence-corrected chi connectivity index (χ1v) is 9.06. The monoisotopic (exact) mass is 458 g/mol. The van der Waals surface area contributed by atoms with Crippen LogP contribution in [0.1, 0.15) is 0 Å². The van der Waals surface area contributed by atoms with Gasteiger partial charge in [0.25, 0.3) is 0 Å². The van der Waals surface area contributed by atoms with Crippen LogP contribution in [0.25, 0.3) is 33.9 Å². The summed E-state index contributed by atoms with van der Waals surface area (Å²) in [7, 11) is 0. The standard InChI is InChI=1S/C21H13F2IN2/c22-16-8-4-13(5-9-16)19-20(14-6-10-17(23)11-7-14)26-21(25-19)15-2-1-3-18(24)12-15/h1-12H,(H,25,26). The number of nitrogens with one attached hydrogen (secondary N) is 1. The minimum Gasteiger partial charge on any atom is -0.337 e. The Balaban J connectivity index is 1.90. The van der Waals surface area contributed by atoms with Crippen molar-refractivity contribution < 1.29 is 8.78 Å². The molecular weight excluding hydrogens is 445 g/mol. The highest BCUT2D eigenvalue weighted by molar-refractivity contribution is 14.1. The number of halogens is 3. The van der Waals surface area contributed by atoms with Crippen LogP contribution in [-0.4, -0.2) is 9.97 Å². The van der Waals surface area contributed by atoms with Gasteiger partial charge in [0.1, 0.15) is 17.5 Å². The molecule has 4 rings (SSSR count). The summed E-state index contributed by atoms with van der Waals surface area (Å²) in [6.45, 7) is 0. The van der Waals surface area contributed by atoms with Gasteiger partial charge in [-0.05, 0) is 83.3 Å². The molecule has 1 aromatic heterocycles. The van der Waals surface area contributed by atoms with Crippen molar-refractivity contribution in [2.24, 2.45) is 0 Å². The van der Waals surface area contributed by atoms with Gasteiger partial charge in [-0.25, -0.2) is 13.8 Å². The van der Waals surface area contributed by atoms with E-state index < -0.39 is 0 Å². The number of H-pyrrole nitrogens is 1. The fraction of sp³-hybridized carbons (Fsp3) is 0. The van der Waals surface area contributed by atoms with Crippen LogP contribution in [0.5, 0.6) is 0 Å². The SMILES string of the molecule is Fc1ccc(-c2nc(-c3cccc(I)c3)[nH]c2-c2ccc(F)cc2)cc1. The summed E-state index contributed by atoms with van der Waals surface area (Å²) in [5.41, 5.74) is 4.03. The fourth-order valence-electron chi connectivity index (χ4n) is 2.79. The van der Waals surface area contributed by atoms with Crippen LogP contribution in [0.2, 0.25) is 0 Å². The largest absolute Gasteiger partial charge is 0.337 e. The average molecular weight is 458 g/mol. The van der Waals surface area contributed by atoms with Crippen molar-refractivity contribution in [3.8, 4) is 33.9 Å². The van der Waals surface area contributed by atoms with Gasteiger partial charge in [-0.15, -0.1) is 0 Å². The number of imidazole rings is 1. The molecule has 2 nitrogen and oxygen atoms in total. The van der Waals surface area contributed by atoms with Crippen LogP contribution < -0.4 is 0 Å². The molecule has 0 atom stereocenters. The second kappa shape index (κ2) is 6.99. The van der Waals surface area contributed by atoms with Crippen LogP contribution in [0.3, 0.4) is 0 Å². The Hall–Kier alpha value is -2.54. The lowest BCUT2D eigenvalue weighted by atomic mass is 10.1. The molecule has 0 radical (unpaired) electrons. The van der Waals surface area contributed by atoms with Crippen molar-refractivity contribution in [1.82, 2.24) is 9.97 Å². The van der Waals surface area contributed by atoms with Crippen LogP contribution >= 0.6 is 22.6 Å². The van der Waals surface area contributed by atoms with Crippen LogP contribution in [-0.2, 0) is 0 Å². The molecule has 3 aromatic carbocycles. The third-order valence-electron chi connectivity index (χ3n) is 4.05. The smallest absolute Gasteiger partial charge is 0.138 e. The van der Waals surface area contributed by atoms with Crippen molar-refractivity contribution in [2.45, 2.75) is 0 Å². The highest BCUT2D eigenvalue weighted by Gasteiger charge is 2.15. The Kier molecular flexibility index (Phi) is 4.55. The Labute approximate surface area is 163 Å². The minimum absolute atomic E-state index is 0.297. The number of benzene rings is 3. The predicted molar refractivity (Wildman–Crippen MR) is 108 cm³/mol. The first-order chi connectivity index (χ1) is 12.6. The van der Waals surface area contributed by atoms with Gasteiger partial charge in [0.2, 0.25) is 0 Å². The second-order valence-corrected chi connectivity index (χ2v) is 7.08. The Morgan fingerprint density at radius 2 is 1.35 bits per heavy atom. The summed E-state index contributed by atoms with van der Waals surface area (Å²) in [6, 6.07) is 20.4. The lowest BCUT2D eigenvalue weighted by Crippen LogP contribution is -1.85. The quantitative estimate of drug-likeness (QED) is 0.359. The molecule has 0 saturated heterocycles. The van der Waals surface area contributed by atoms with E-state index in [-0.39, 0.29) is 11.6 Å². The topological polar surface area (TPSA) is 28.7 Å². The van der Waals surface area contributed by atoms with Crippen LogP contribution in [0.4, 0.5) is 8.78 Å². The number of hydrogen-bond donors (Lipinski definition) is 1. The van der Waals surface area contributed by atoms with E-state index in [9.17, 15) is 8.78 Å². The summed E-state index contributed by atoms with van der Waals surface area (Å²) >= 11 is 2.25. The van der Waals surface area contributed by atoms with Gasteiger partial charge in [-0.1, -0.05) is 12.1 Å². The van der Waals surface area contributed by atoms with Gasteiger partial charge in [0, 0.05) is 20.3 Å². The van der Waals surface area contributed by atoms with E-state index in [0.717, 1.165) is 26.0 Å². The molecule has 1 heterocycles. The van der Waals surface area contributed by atoms with Gasteiger partial charge in [-0.3, -0.25) is 0 Å². The van der Waals surface area contributed by atoms with Crippen molar-refractivity contribution in [3.63, 3.8) is 0 Å². The highest BCUT2D eigenvalue weighted by Crippen LogP contribution is 2.33. The molecule has 1 N–H and O–H groups in total. The number of aromatic amines is 1. The molecule has 0 bridgehead atoms. The number of hydrogen-bond acceptors (Lipinski definition) is 1. The fourth-order valence-corrected chi connectivity index (χ4v) is 3.33. The number of nitrogens with zero attached hydrogens (tertiary/aromatic N) is 1. The molecule has 0 fully saturated rings. The first-order valence-electron chi connectivity index (χ1n) is 7.98. The molecule has 0 saturated carbocycles. The zero-order valence-corrected chi connectivity index (χ0v) is 15.7. The van der Waals surface area contributed by atoms with E-state index in [0.29, 0.717) is 11.5 Å². The Bertz CT molecular complexity index is 991. The second-order valence-electron chi connectivity index (χ2n) is 5.83. The van der Waals surface area contributed by atoms with Crippen molar-refractivity contribution in [3.05, 3.63) is 88.0 Å².